The average molecular weight is 402 g/mol. The van der Waals surface area contributed by atoms with Gasteiger partial charge in [0, 0.05) is 17.8 Å². The lowest BCUT2D eigenvalue weighted by atomic mass is 10.1. The van der Waals surface area contributed by atoms with Gasteiger partial charge in [-0.05, 0) is 54.8 Å². The summed E-state index contributed by atoms with van der Waals surface area (Å²) in [4.78, 5) is 24.7. The number of hydrogen-bond acceptors (Lipinski definition) is 3. The highest BCUT2D eigenvalue weighted by Gasteiger charge is 2.19. The van der Waals surface area contributed by atoms with Crippen LogP contribution in [-0.2, 0) is 4.79 Å². The summed E-state index contributed by atoms with van der Waals surface area (Å²) in [6.07, 6.45) is -0.122. The van der Waals surface area contributed by atoms with Gasteiger partial charge in [-0.3, -0.25) is 9.59 Å². The minimum absolute atomic E-state index is 0.171. The Bertz CT molecular complexity index is 985. The Hall–Kier alpha value is -3.60. The van der Waals surface area contributed by atoms with Crippen LogP contribution in [0.15, 0.2) is 78.9 Å². The van der Waals surface area contributed by atoms with Gasteiger partial charge in [0.05, 0.1) is 0 Å². The van der Waals surface area contributed by atoms with Crippen molar-refractivity contribution in [1.82, 2.24) is 5.32 Å². The van der Waals surface area contributed by atoms with E-state index in [1.807, 2.05) is 68.4 Å². The van der Waals surface area contributed by atoms with Gasteiger partial charge in [-0.25, -0.2) is 0 Å². The second-order valence-corrected chi connectivity index (χ2v) is 6.83. The lowest BCUT2D eigenvalue weighted by Crippen LogP contribution is -2.32. The van der Waals surface area contributed by atoms with Crippen molar-refractivity contribution in [2.75, 3.05) is 11.9 Å². The van der Waals surface area contributed by atoms with Gasteiger partial charge < -0.3 is 15.4 Å². The molecular weight excluding hydrogens is 376 g/mol. The van der Waals surface area contributed by atoms with E-state index in [-0.39, 0.29) is 11.8 Å². The highest BCUT2D eigenvalue weighted by Crippen LogP contribution is 2.23. The SMILES string of the molecule is CCNC(=O)c1cccc(NC(=O)C(CC)Oc2ccc(-c3ccccc3)cc2)c1. The molecule has 0 heterocycles. The van der Waals surface area contributed by atoms with Gasteiger partial charge >= 0.3 is 0 Å². The molecule has 0 aliphatic carbocycles. The van der Waals surface area contributed by atoms with E-state index in [9.17, 15) is 9.59 Å². The third-order valence-electron chi connectivity index (χ3n) is 4.63. The van der Waals surface area contributed by atoms with E-state index >= 15 is 0 Å². The number of rotatable bonds is 8. The molecule has 0 aliphatic rings. The number of carbonyl (C=O) groups is 2. The first kappa shape index (κ1) is 21.1. The number of nitrogens with one attached hydrogen (secondary N) is 2. The third kappa shape index (κ3) is 5.47. The summed E-state index contributed by atoms with van der Waals surface area (Å²) in [6.45, 7) is 4.30. The number of carbonyl (C=O) groups excluding carboxylic acids is 2. The number of anilines is 1. The van der Waals surface area contributed by atoms with Crippen LogP contribution in [0.1, 0.15) is 30.6 Å². The molecule has 0 radical (unpaired) electrons. The fourth-order valence-electron chi connectivity index (χ4n) is 3.07. The number of amides is 2. The van der Waals surface area contributed by atoms with E-state index in [2.05, 4.69) is 10.6 Å². The van der Waals surface area contributed by atoms with Crippen molar-refractivity contribution in [1.29, 1.82) is 0 Å². The predicted molar refractivity (Wildman–Crippen MR) is 120 cm³/mol. The van der Waals surface area contributed by atoms with Crippen molar-refractivity contribution in [3.05, 3.63) is 84.4 Å². The van der Waals surface area contributed by atoms with E-state index in [0.29, 0.717) is 30.0 Å². The van der Waals surface area contributed by atoms with E-state index in [4.69, 9.17) is 4.74 Å². The van der Waals surface area contributed by atoms with E-state index in [0.717, 1.165) is 11.1 Å². The zero-order valence-electron chi connectivity index (χ0n) is 17.2. The maximum absolute atomic E-state index is 12.7. The standard InChI is InChI=1S/C25H26N2O3/c1-3-23(25(29)27-21-12-8-11-20(17-21)24(28)26-4-2)30-22-15-13-19(14-16-22)18-9-6-5-7-10-18/h5-17,23H,3-4H2,1-2H3,(H,26,28)(H,27,29). The Morgan fingerprint density at radius 1 is 0.867 bits per heavy atom. The first-order valence-corrected chi connectivity index (χ1v) is 10.1. The molecule has 0 aliphatic heterocycles. The minimum atomic E-state index is -0.638. The minimum Gasteiger partial charge on any atom is -0.481 e. The zero-order chi connectivity index (χ0) is 21.3. The molecule has 3 rings (SSSR count). The van der Waals surface area contributed by atoms with Gasteiger partial charge in [0.15, 0.2) is 6.10 Å². The summed E-state index contributed by atoms with van der Waals surface area (Å²) in [6, 6.07) is 24.6. The highest BCUT2D eigenvalue weighted by molar-refractivity contribution is 5.98. The Kier molecular flexibility index (Phi) is 7.22. The van der Waals surface area contributed by atoms with Crippen LogP contribution in [0.5, 0.6) is 5.75 Å². The lowest BCUT2D eigenvalue weighted by Gasteiger charge is -2.18. The Labute approximate surface area is 177 Å². The molecule has 1 atom stereocenters. The Morgan fingerprint density at radius 2 is 1.57 bits per heavy atom. The molecule has 1 unspecified atom stereocenters. The van der Waals surface area contributed by atoms with E-state index < -0.39 is 6.10 Å². The molecule has 3 aromatic rings. The summed E-state index contributed by atoms with van der Waals surface area (Å²) < 4.78 is 5.91. The van der Waals surface area contributed by atoms with Crippen LogP contribution in [0.3, 0.4) is 0 Å². The maximum atomic E-state index is 12.7. The second-order valence-electron chi connectivity index (χ2n) is 6.83. The second kappa shape index (κ2) is 10.3. The molecule has 0 fully saturated rings. The first-order chi connectivity index (χ1) is 14.6. The lowest BCUT2D eigenvalue weighted by molar-refractivity contribution is -0.122. The molecule has 30 heavy (non-hydrogen) atoms. The van der Waals surface area contributed by atoms with Crippen LogP contribution in [0.4, 0.5) is 5.69 Å². The van der Waals surface area contributed by atoms with Crippen molar-refractivity contribution in [2.24, 2.45) is 0 Å². The molecule has 154 valence electrons. The first-order valence-electron chi connectivity index (χ1n) is 10.1. The van der Waals surface area contributed by atoms with E-state index in [1.54, 1.807) is 24.3 Å². The van der Waals surface area contributed by atoms with Gasteiger partial charge in [0.2, 0.25) is 0 Å². The number of hydrogen-bond donors (Lipinski definition) is 2. The van der Waals surface area contributed by atoms with E-state index in [1.165, 1.54) is 0 Å². The average Bonchev–Trinajstić information content (AvgIpc) is 2.78. The number of benzene rings is 3. The van der Waals surface area contributed by atoms with Gasteiger partial charge in [0.1, 0.15) is 5.75 Å². The van der Waals surface area contributed by atoms with Crippen molar-refractivity contribution < 1.29 is 14.3 Å². The molecule has 0 aromatic heterocycles. The molecule has 5 heteroatoms. The monoisotopic (exact) mass is 402 g/mol. The van der Waals surface area contributed by atoms with Gasteiger partial charge in [-0.15, -0.1) is 0 Å². The van der Waals surface area contributed by atoms with Crippen molar-refractivity contribution in [3.63, 3.8) is 0 Å². The van der Waals surface area contributed by atoms with Crippen LogP contribution in [0.2, 0.25) is 0 Å². The van der Waals surface area contributed by atoms with Crippen LogP contribution in [0, 0.1) is 0 Å². The quantitative estimate of drug-likeness (QED) is 0.563. The Balaban J connectivity index is 1.65. The Morgan fingerprint density at radius 3 is 2.23 bits per heavy atom. The molecule has 0 saturated carbocycles. The van der Waals surface area contributed by atoms with Crippen molar-refractivity contribution in [2.45, 2.75) is 26.4 Å². The molecule has 2 amide bonds. The fraction of sp³-hybridized carbons (Fsp3) is 0.200. The maximum Gasteiger partial charge on any atom is 0.265 e. The molecule has 0 spiro atoms. The van der Waals surface area contributed by atoms with Gasteiger partial charge in [-0.2, -0.15) is 0 Å². The van der Waals surface area contributed by atoms with Crippen LogP contribution < -0.4 is 15.4 Å². The molecule has 0 saturated heterocycles. The number of ether oxygens (including phenoxy) is 1. The van der Waals surface area contributed by atoms with Gasteiger partial charge in [0.25, 0.3) is 11.8 Å². The molecule has 2 N–H and O–H groups in total. The van der Waals surface area contributed by atoms with Crippen LogP contribution in [-0.4, -0.2) is 24.5 Å². The largest absolute Gasteiger partial charge is 0.481 e. The summed E-state index contributed by atoms with van der Waals surface area (Å²) in [7, 11) is 0. The highest BCUT2D eigenvalue weighted by atomic mass is 16.5. The van der Waals surface area contributed by atoms with Crippen molar-refractivity contribution in [3.8, 4) is 16.9 Å². The fourth-order valence-corrected chi connectivity index (χ4v) is 3.07. The third-order valence-corrected chi connectivity index (χ3v) is 4.63. The van der Waals surface area contributed by atoms with Crippen LogP contribution >= 0.6 is 0 Å². The van der Waals surface area contributed by atoms with Crippen LogP contribution in [0.25, 0.3) is 11.1 Å². The zero-order valence-corrected chi connectivity index (χ0v) is 17.2. The normalized spacial score (nSPS) is 11.4. The molecule has 3 aromatic carbocycles. The molecule has 0 bridgehead atoms. The summed E-state index contributed by atoms with van der Waals surface area (Å²) in [5.41, 5.74) is 3.27. The smallest absolute Gasteiger partial charge is 0.265 e. The summed E-state index contributed by atoms with van der Waals surface area (Å²) in [5.74, 6) is 0.209. The van der Waals surface area contributed by atoms with Gasteiger partial charge in [-0.1, -0.05) is 55.5 Å². The predicted octanol–water partition coefficient (Wildman–Crippen LogP) is 4.90. The summed E-state index contributed by atoms with van der Waals surface area (Å²) >= 11 is 0. The molecule has 5 nitrogen and oxygen atoms in total. The summed E-state index contributed by atoms with van der Waals surface area (Å²) in [5, 5.41) is 5.59. The van der Waals surface area contributed by atoms with Crippen molar-refractivity contribution >= 4 is 17.5 Å². The topological polar surface area (TPSA) is 67.4 Å². The molecular formula is C25H26N2O3.